The molecule has 0 aliphatic carbocycles. The van der Waals surface area contributed by atoms with Crippen molar-refractivity contribution in [2.45, 2.75) is 0 Å². The van der Waals surface area contributed by atoms with Gasteiger partial charge in [-0.15, -0.1) is 0 Å². The topological polar surface area (TPSA) is 70.6 Å². The maximum Gasteiger partial charge on any atom is 0.329 e. The monoisotopic (exact) mass is 335 g/mol. The first kappa shape index (κ1) is 16.0. The van der Waals surface area contributed by atoms with Crippen molar-refractivity contribution in [2.24, 2.45) is 5.10 Å². The smallest absolute Gasteiger partial charge is 0.318 e. The van der Waals surface area contributed by atoms with Crippen LogP contribution in [-0.4, -0.2) is 18.0 Å². The van der Waals surface area contributed by atoms with Crippen LogP contribution in [0.1, 0.15) is 5.56 Å². The molecule has 2 rings (SSSR count). The average molecular weight is 336 g/mol. The minimum absolute atomic E-state index is 0.374. The molecule has 0 aliphatic rings. The molecule has 2 aromatic carbocycles. The Kier molecular flexibility index (Phi) is 5.52. The molecule has 0 saturated heterocycles. The van der Waals surface area contributed by atoms with Crippen molar-refractivity contribution in [3.05, 3.63) is 64.1 Å². The van der Waals surface area contributed by atoms with Gasteiger partial charge in [0.1, 0.15) is 0 Å². The molecule has 112 valence electrons. The van der Waals surface area contributed by atoms with Gasteiger partial charge >= 0.3 is 11.8 Å². The Morgan fingerprint density at radius 1 is 0.955 bits per heavy atom. The van der Waals surface area contributed by atoms with Crippen LogP contribution in [0, 0.1) is 0 Å². The number of para-hydroxylation sites is 1. The number of hydrazone groups is 1. The van der Waals surface area contributed by atoms with Gasteiger partial charge in [-0.2, -0.15) is 5.10 Å². The third-order valence-electron chi connectivity index (χ3n) is 2.56. The Balaban J connectivity index is 1.90. The van der Waals surface area contributed by atoms with Crippen LogP contribution >= 0.6 is 23.2 Å². The van der Waals surface area contributed by atoms with Crippen LogP contribution in [0.2, 0.25) is 10.0 Å². The first-order valence-corrected chi connectivity index (χ1v) is 6.96. The van der Waals surface area contributed by atoms with Gasteiger partial charge in [-0.05, 0) is 29.8 Å². The summed E-state index contributed by atoms with van der Waals surface area (Å²) in [5.41, 5.74) is 3.29. The van der Waals surface area contributed by atoms with Crippen molar-refractivity contribution in [3.8, 4) is 0 Å². The van der Waals surface area contributed by atoms with E-state index in [0.29, 0.717) is 21.3 Å². The van der Waals surface area contributed by atoms with Crippen molar-refractivity contribution >= 4 is 46.9 Å². The summed E-state index contributed by atoms with van der Waals surface area (Å²) in [6.45, 7) is 0. The van der Waals surface area contributed by atoms with E-state index in [4.69, 9.17) is 23.2 Å². The van der Waals surface area contributed by atoms with Crippen LogP contribution in [0.3, 0.4) is 0 Å². The number of rotatable bonds is 3. The predicted molar refractivity (Wildman–Crippen MR) is 87.3 cm³/mol. The van der Waals surface area contributed by atoms with E-state index < -0.39 is 11.8 Å². The SMILES string of the molecule is O=C(NN=Cc1ccc(Cl)c(Cl)c1)C(=O)Nc1ccccc1. The number of benzene rings is 2. The average Bonchev–Trinajstić information content (AvgIpc) is 2.51. The van der Waals surface area contributed by atoms with Gasteiger partial charge in [-0.1, -0.05) is 47.5 Å². The molecule has 0 aliphatic heterocycles. The first-order valence-electron chi connectivity index (χ1n) is 6.21. The zero-order chi connectivity index (χ0) is 15.9. The van der Waals surface area contributed by atoms with Gasteiger partial charge < -0.3 is 5.32 Å². The Morgan fingerprint density at radius 2 is 1.68 bits per heavy atom. The number of nitrogens with zero attached hydrogens (tertiary/aromatic N) is 1. The van der Waals surface area contributed by atoms with Crippen LogP contribution in [-0.2, 0) is 9.59 Å². The van der Waals surface area contributed by atoms with E-state index in [2.05, 4.69) is 15.8 Å². The second-order valence-electron chi connectivity index (χ2n) is 4.19. The molecule has 0 spiro atoms. The Labute approximate surface area is 136 Å². The maximum absolute atomic E-state index is 11.6. The molecule has 0 bridgehead atoms. The molecule has 0 aromatic heterocycles. The van der Waals surface area contributed by atoms with Gasteiger partial charge in [0.05, 0.1) is 16.3 Å². The number of nitrogens with one attached hydrogen (secondary N) is 2. The summed E-state index contributed by atoms with van der Waals surface area (Å²) >= 11 is 11.6. The van der Waals surface area contributed by atoms with Gasteiger partial charge in [-0.3, -0.25) is 9.59 Å². The Hall–Kier alpha value is -2.37. The van der Waals surface area contributed by atoms with E-state index in [1.165, 1.54) is 6.21 Å². The predicted octanol–water partition coefficient (Wildman–Crippen LogP) is 3.08. The molecule has 0 atom stereocenters. The van der Waals surface area contributed by atoms with Crippen molar-refractivity contribution in [3.63, 3.8) is 0 Å². The summed E-state index contributed by atoms with van der Waals surface area (Å²) in [6.07, 6.45) is 1.36. The van der Waals surface area contributed by atoms with Gasteiger partial charge in [0.25, 0.3) is 0 Å². The molecule has 0 saturated carbocycles. The lowest BCUT2D eigenvalue weighted by Gasteiger charge is -2.03. The first-order chi connectivity index (χ1) is 10.6. The molecule has 0 unspecified atom stereocenters. The summed E-state index contributed by atoms with van der Waals surface area (Å²) in [6, 6.07) is 13.5. The van der Waals surface area contributed by atoms with Gasteiger partial charge in [0.15, 0.2) is 0 Å². The van der Waals surface area contributed by atoms with Crippen molar-refractivity contribution in [1.29, 1.82) is 0 Å². The quantitative estimate of drug-likeness (QED) is 0.514. The minimum atomic E-state index is -0.875. The summed E-state index contributed by atoms with van der Waals surface area (Å²) in [5, 5.41) is 6.93. The van der Waals surface area contributed by atoms with Gasteiger partial charge in [-0.25, -0.2) is 5.43 Å². The molecule has 5 nitrogen and oxygen atoms in total. The van der Waals surface area contributed by atoms with Crippen LogP contribution in [0.15, 0.2) is 53.6 Å². The molecule has 7 heteroatoms. The standard InChI is InChI=1S/C15H11Cl2N3O2/c16-12-7-6-10(8-13(12)17)9-18-20-15(22)14(21)19-11-4-2-1-3-5-11/h1-9H,(H,19,21)(H,20,22). The number of anilines is 1. The molecule has 2 amide bonds. The fraction of sp³-hybridized carbons (Fsp3) is 0. The highest BCUT2D eigenvalue weighted by atomic mass is 35.5. The van der Waals surface area contributed by atoms with E-state index in [9.17, 15) is 9.59 Å². The molecule has 22 heavy (non-hydrogen) atoms. The molecule has 0 radical (unpaired) electrons. The molecular formula is C15H11Cl2N3O2. The number of carbonyl (C=O) groups excluding carboxylic acids is 2. The minimum Gasteiger partial charge on any atom is -0.318 e. The highest BCUT2D eigenvalue weighted by molar-refractivity contribution is 6.42. The van der Waals surface area contributed by atoms with Gasteiger partial charge in [0, 0.05) is 5.69 Å². The van der Waals surface area contributed by atoms with Gasteiger partial charge in [0.2, 0.25) is 0 Å². The molecule has 2 aromatic rings. The van der Waals surface area contributed by atoms with Crippen LogP contribution in [0.5, 0.6) is 0 Å². The van der Waals surface area contributed by atoms with Crippen molar-refractivity contribution in [2.75, 3.05) is 5.32 Å². The summed E-state index contributed by atoms with van der Waals surface area (Å²) in [4.78, 5) is 23.2. The lowest BCUT2D eigenvalue weighted by Crippen LogP contribution is -2.32. The zero-order valence-electron chi connectivity index (χ0n) is 11.2. The number of hydrogen-bond donors (Lipinski definition) is 2. The number of amides is 2. The third-order valence-corrected chi connectivity index (χ3v) is 3.30. The summed E-state index contributed by atoms with van der Waals surface area (Å²) in [5.74, 6) is -1.68. The van der Waals surface area contributed by atoms with Crippen molar-refractivity contribution < 1.29 is 9.59 Å². The van der Waals surface area contributed by atoms with E-state index in [-0.39, 0.29) is 0 Å². The number of carbonyl (C=O) groups is 2. The van der Waals surface area contributed by atoms with E-state index in [1.807, 2.05) is 0 Å². The van der Waals surface area contributed by atoms with Crippen LogP contribution < -0.4 is 10.7 Å². The zero-order valence-corrected chi connectivity index (χ0v) is 12.7. The second kappa shape index (κ2) is 7.59. The number of hydrogen-bond acceptors (Lipinski definition) is 3. The highest BCUT2D eigenvalue weighted by Crippen LogP contribution is 2.21. The molecule has 0 fully saturated rings. The number of halogens is 2. The normalized spacial score (nSPS) is 10.5. The maximum atomic E-state index is 11.6. The highest BCUT2D eigenvalue weighted by Gasteiger charge is 2.12. The molecule has 0 heterocycles. The Bertz CT molecular complexity index is 718. The van der Waals surface area contributed by atoms with E-state index in [0.717, 1.165) is 0 Å². The fourth-order valence-corrected chi connectivity index (χ4v) is 1.82. The Morgan fingerprint density at radius 3 is 2.36 bits per heavy atom. The molecular weight excluding hydrogens is 325 g/mol. The summed E-state index contributed by atoms with van der Waals surface area (Å²) < 4.78 is 0. The largest absolute Gasteiger partial charge is 0.329 e. The van der Waals surface area contributed by atoms with E-state index in [1.54, 1.807) is 48.5 Å². The summed E-state index contributed by atoms with van der Waals surface area (Å²) in [7, 11) is 0. The lowest BCUT2D eigenvalue weighted by molar-refractivity contribution is -0.136. The lowest BCUT2D eigenvalue weighted by atomic mass is 10.2. The second-order valence-corrected chi connectivity index (χ2v) is 5.01. The van der Waals surface area contributed by atoms with Crippen LogP contribution in [0.25, 0.3) is 0 Å². The third kappa shape index (κ3) is 4.58. The van der Waals surface area contributed by atoms with E-state index >= 15 is 0 Å². The molecule has 2 N–H and O–H groups in total. The van der Waals surface area contributed by atoms with Crippen LogP contribution in [0.4, 0.5) is 5.69 Å². The van der Waals surface area contributed by atoms with Crippen molar-refractivity contribution in [1.82, 2.24) is 5.43 Å². The fourth-order valence-electron chi connectivity index (χ4n) is 1.52.